The first-order valence-corrected chi connectivity index (χ1v) is 8.57. The van der Waals surface area contributed by atoms with Crippen LogP contribution in [-0.2, 0) is 9.84 Å². The van der Waals surface area contributed by atoms with Gasteiger partial charge in [0.2, 0.25) is 0 Å². The lowest BCUT2D eigenvalue weighted by Crippen LogP contribution is -2.14. The van der Waals surface area contributed by atoms with Gasteiger partial charge in [0, 0.05) is 4.47 Å². The number of halogens is 1. The van der Waals surface area contributed by atoms with E-state index in [1.807, 2.05) is 6.07 Å². The van der Waals surface area contributed by atoms with Crippen LogP contribution in [0.2, 0.25) is 0 Å². The topological polar surface area (TPSA) is 67.2 Å². The van der Waals surface area contributed by atoms with Gasteiger partial charge in [-0.05, 0) is 42.5 Å². The summed E-state index contributed by atoms with van der Waals surface area (Å²) >= 11 is 3.26. The van der Waals surface area contributed by atoms with E-state index in [1.165, 1.54) is 0 Å². The van der Waals surface area contributed by atoms with Crippen LogP contribution in [0.1, 0.15) is 5.56 Å². The molecule has 0 aromatic heterocycles. The maximum atomic E-state index is 12.1. The third kappa shape index (κ3) is 4.31. The summed E-state index contributed by atoms with van der Waals surface area (Å²) < 4.78 is 30.4. The van der Waals surface area contributed by atoms with E-state index in [9.17, 15) is 8.42 Å². The Morgan fingerprint density at radius 2 is 1.86 bits per heavy atom. The molecule has 6 heteroatoms. The molecule has 0 unspecified atom stereocenters. The normalized spacial score (nSPS) is 10.9. The van der Waals surface area contributed by atoms with Crippen molar-refractivity contribution in [1.29, 1.82) is 5.26 Å². The minimum Gasteiger partial charge on any atom is -0.492 e. The minimum absolute atomic E-state index is 0.0350. The standard InChI is InChI=1S/C15H12BrNO3S/c16-13-4-6-15(7-5-13)21(18,19)9-8-20-14-3-1-2-12(10-14)11-17/h1-7,10H,8-9H2. The second kappa shape index (κ2) is 6.74. The summed E-state index contributed by atoms with van der Waals surface area (Å²) in [4.78, 5) is 0.264. The van der Waals surface area contributed by atoms with E-state index in [0.717, 1.165) is 4.47 Å². The van der Waals surface area contributed by atoms with Crippen molar-refractivity contribution in [3.8, 4) is 11.8 Å². The summed E-state index contributed by atoms with van der Waals surface area (Å²) in [7, 11) is -3.37. The highest BCUT2D eigenvalue weighted by atomic mass is 79.9. The molecular formula is C15H12BrNO3S. The van der Waals surface area contributed by atoms with Gasteiger partial charge in [-0.2, -0.15) is 5.26 Å². The second-order valence-corrected chi connectivity index (χ2v) is 7.29. The van der Waals surface area contributed by atoms with Gasteiger partial charge >= 0.3 is 0 Å². The molecule has 0 bridgehead atoms. The van der Waals surface area contributed by atoms with Gasteiger partial charge in [0.15, 0.2) is 9.84 Å². The Bertz CT molecular complexity index is 764. The van der Waals surface area contributed by atoms with Crippen molar-refractivity contribution in [3.63, 3.8) is 0 Å². The largest absolute Gasteiger partial charge is 0.492 e. The Kier molecular flexibility index (Phi) is 4.99. The number of benzene rings is 2. The lowest BCUT2D eigenvalue weighted by atomic mass is 10.2. The lowest BCUT2D eigenvalue weighted by Gasteiger charge is -2.07. The zero-order chi connectivity index (χ0) is 15.3. The maximum Gasteiger partial charge on any atom is 0.181 e. The molecule has 0 amide bonds. The van der Waals surface area contributed by atoms with Gasteiger partial charge in [-0.25, -0.2) is 8.42 Å². The highest BCUT2D eigenvalue weighted by Crippen LogP contribution is 2.17. The molecule has 108 valence electrons. The van der Waals surface area contributed by atoms with Gasteiger partial charge in [-0.3, -0.25) is 0 Å². The van der Waals surface area contributed by atoms with Gasteiger partial charge in [0.05, 0.1) is 22.3 Å². The van der Waals surface area contributed by atoms with Crippen molar-refractivity contribution in [2.45, 2.75) is 4.90 Å². The third-order valence-corrected chi connectivity index (χ3v) is 4.98. The molecule has 0 atom stereocenters. The molecule has 2 aromatic carbocycles. The monoisotopic (exact) mass is 365 g/mol. The minimum atomic E-state index is -3.37. The molecule has 21 heavy (non-hydrogen) atoms. The highest BCUT2D eigenvalue weighted by Gasteiger charge is 2.14. The Hall–Kier alpha value is -1.84. The third-order valence-electron chi connectivity index (χ3n) is 2.76. The molecule has 0 saturated heterocycles. The van der Waals surface area contributed by atoms with Gasteiger partial charge in [-0.15, -0.1) is 0 Å². The predicted molar refractivity (Wildman–Crippen MR) is 82.8 cm³/mol. The number of nitriles is 1. The molecule has 4 nitrogen and oxygen atoms in total. The van der Waals surface area contributed by atoms with Crippen molar-refractivity contribution in [2.24, 2.45) is 0 Å². The van der Waals surface area contributed by atoms with E-state index in [0.29, 0.717) is 11.3 Å². The molecule has 0 aliphatic carbocycles. The number of rotatable bonds is 5. The zero-order valence-electron chi connectivity index (χ0n) is 11.0. The van der Waals surface area contributed by atoms with Crippen molar-refractivity contribution >= 4 is 25.8 Å². The highest BCUT2D eigenvalue weighted by molar-refractivity contribution is 9.10. The second-order valence-electron chi connectivity index (χ2n) is 4.26. The van der Waals surface area contributed by atoms with Crippen molar-refractivity contribution in [1.82, 2.24) is 0 Å². The first kappa shape index (κ1) is 15.5. The van der Waals surface area contributed by atoms with Gasteiger partial charge in [0.25, 0.3) is 0 Å². The van der Waals surface area contributed by atoms with E-state index in [1.54, 1.807) is 48.5 Å². The molecule has 0 aliphatic heterocycles. The molecular weight excluding hydrogens is 354 g/mol. The molecule has 2 aromatic rings. The number of ether oxygens (including phenoxy) is 1. The first-order valence-electron chi connectivity index (χ1n) is 6.12. The van der Waals surface area contributed by atoms with Crippen molar-refractivity contribution in [2.75, 3.05) is 12.4 Å². The average molecular weight is 366 g/mol. The molecule has 0 radical (unpaired) electrons. The quantitative estimate of drug-likeness (QED) is 0.815. The fraction of sp³-hybridized carbons (Fsp3) is 0.133. The summed E-state index contributed by atoms with van der Waals surface area (Å²) in [5.74, 6) is 0.367. The van der Waals surface area contributed by atoms with Crippen LogP contribution in [0.3, 0.4) is 0 Å². The summed E-state index contributed by atoms with van der Waals surface area (Å²) in [5, 5.41) is 8.78. The number of hydrogen-bond acceptors (Lipinski definition) is 4. The lowest BCUT2D eigenvalue weighted by molar-refractivity contribution is 0.341. The van der Waals surface area contributed by atoms with E-state index < -0.39 is 9.84 Å². The fourth-order valence-corrected chi connectivity index (χ4v) is 3.04. The van der Waals surface area contributed by atoms with Crippen molar-refractivity contribution < 1.29 is 13.2 Å². The van der Waals surface area contributed by atoms with Crippen LogP contribution < -0.4 is 4.74 Å². The van der Waals surface area contributed by atoms with Gasteiger partial charge in [0.1, 0.15) is 12.4 Å². The zero-order valence-corrected chi connectivity index (χ0v) is 13.4. The Morgan fingerprint density at radius 1 is 1.14 bits per heavy atom. The van der Waals surface area contributed by atoms with E-state index in [2.05, 4.69) is 15.9 Å². The molecule has 2 rings (SSSR count). The van der Waals surface area contributed by atoms with Crippen LogP contribution in [0.5, 0.6) is 5.75 Å². The van der Waals surface area contributed by atoms with Crippen LogP contribution >= 0.6 is 15.9 Å². The van der Waals surface area contributed by atoms with Crippen molar-refractivity contribution in [3.05, 3.63) is 58.6 Å². The molecule has 0 fully saturated rings. The fourth-order valence-electron chi connectivity index (χ4n) is 1.68. The van der Waals surface area contributed by atoms with Gasteiger partial charge < -0.3 is 4.74 Å². The number of nitrogens with zero attached hydrogens (tertiary/aromatic N) is 1. The van der Waals surface area contributed by atoms with E-state index >= 15 is 0 Å². The summed E-state index contributed by atoms with van der Waals surface area (Å²) in [6, 6.07) is 15.1. The van der Waals surface area contributed by atoms with Gasteiger partial charge in [-0.1, -0.05) is 22.0 Å². The Morgan fingerprint density at radius 3 is 2.52 bits per heavy atom. The van der Waals surface area contributed by atoms with E-state index in [-0.39, 0.29) is 17.3 Å². The van der Waals surface area contributed by atoms with Crippen LogP contribution in [0, 0.1) is 11.3 Å². The maximum absolute atomic E-state index is 12.1. The molecule has 0 heterocycles. The molecule has 0 saturated carbocycles. The summed E-state index contributed by atoms with van der Waals surface area (Å²) in [6.45, 7) is 0.0350. The van der Waals surface area contributed by atoms with E-state index in [4.69, 9.17) is 10.00 Å². The Balaban J connectivity index is 1.99. The molecule has 0 aliphatic rings. The first-order chi connectivity index (χ1) is 10.0. The number of sulfone groups is 1. The van der Waals surface area contributed by atoms with Crippen LogP contribution in [0.25, 0.3) is 0 Å². The smallest absolute Gasteiger partial charge is 0.181 e. The summed E-state index contributed by atoms with van der Waals surface area (Å²) in [6.07, 6.45) is 0. The molecule has 0 N–H and O–H groups in total. The predicted octanol–water partition coefficient (Wildman–Crippen LogP) is 3.17. The van der Waals surface area contributed by atoms with Crippen LogP contribution in [0.15, 0.2) is 57.9 Å². The molecule has 0 spiro atoms. The summed E-state index contributed by atoms with van der Waals surface area (Å²) in [5.41, 5.74) is 0.475. The average Bonchev–Trinajstić information content (AvgIpc) is 2.48. The Labute approximate surface area is 132 Å². The van der Waals surface area contributed by atoms with Crippen LogP contribution in [-0.4, -0.2) is 20.8 Å². The number of hydrogen-bond donors (Lipinski definition) is 0. The van der Waals surface area contributed by atoms with Crippen LogP contribution in [0.4, 0.5) is 0 Å². The SMILES string of the molecule is N#Cc1cccc(OCCS(=O)(=O)c2ccc(Br)cc2)c1.